The molecule has 0 N–H and O–H groups in total. The second-order valence-electron chi connectivity index (χ2n) is 3.42. The summed E-state index contributed by atoms with van der Waals surface area (Å²) in [5, 5.41) is 0. The molecule has 0 nitrogen and oxygen atoms in total. The lowest BCUT2D eigenvalue weighted by Gasteiger charge is -2.01. The highest BCUT2D eigenvalue weighted by molar-refractivity contribution is 6.51. The quantitative estimate of drug-likeness (QED) is 0.622. The third-order valence-corrected chi connectivity index (χ3v) is 2.47. The summed E-state index contributed by atoms with van der Waals surface area (Å²) in [5.74, 6) is 0. The van der Waals surface area contributed by atoms with Gasteiger partial charge in [0, 0.05) is 0 Å². The monoisotopic (exact) mass is 180 g/mol. The molecule has 0 aliphatic rings. The van der Waals surface area contributed by atoms with Crippen LogP contribution in [0, 0.1) is 0 Å². The predicted molar refractivity (Wildman–Crippen MR) is 64.5 cm³/mol. The fourth-order valence-corrected chi connectivity index (χ4v) is 1.56. The van der Waals surface area contributed by atoms with Gasteiger partial charge in [0.15, 0.2) is 7.28 Å². The summed E-state index contributed by atoms with van der Waals surface area (Å²) in [6.07, 6.45) is 0. The van der Waals surface area contributed by atoms with Crippen LogP contribution < -0.4 is 5.46 Å². The Morgan fingerprint density at radius 2 is 1.29 bits per heavy atom. The maximum Gasteiger partial charge on any atom is 0.154 e. The average Bonchev–Trinajstić information content (AvgIpc) is 2.30. The molecule has 0 fully saturated rings. The zero-order chi connectivity index (χ0) is 9.80. The lowest BCUT2D eigenvalue weighted by atomic mass is 9.73. The van der Waals surface area contributed by atoms with Crippen LogP contribution in [0.3, 0.4) is 0 Å². The molecule has 0 aromatic heterocycles. The van der Waals surface area contributed by atoms with Crippen molar-refractivity contribution in [3.63, 3.8) is 0 Å². The topological polar surface area (TPSA) is 0 Å². The molecular weight excluding hydrogens is 167 g/mol. The molecule has 0 amide bonds. The van der Waals surface area contributed by atoms with Gasteiger partial charge in [-0.15, -0.1) is 0 Å². The molecule has 0 unspecified atom stereocenters. The van der Waals surface area contributed by atoms with Crippen LogP contribution in [0.2, 0.25) is 6.82 Å². The highest BCUT2D eigenvalue weighted by atomic mass is 14.0. The lowest BCUT2D eigenvalue weighted by Crippen LogP contribution is -2.08. The molecule has 0 radical (unpaired) electrons. The Morgan fingerprint density at radius 3 is 1.86 bits per heavy atom. The summed E-state index contributed by atoms with van der Waals surface area (Å²) in [6.45, 7) is 2.18. The first kappa shape index (κ1) is 9.08. The molecule has 2 aromatic rings. The largest absolute Gasteiger partial charge is 0.154 e. The molecule has 2 aromatic carbocycles. The predicted octanol–water partition coefficient (Wildman–Crippen LogP) is 2.46. The summed E-state index contributed by atoms with van der Waals surface area (Å²) in [7, 11) is 1.11. The van der Waals surface area contributed by atoms with Gasteiger partial charge in [-0.25, -0.2) is 0 Å². The maximum atomic E-state index is 2.20. The van der Waals surface area contributed by atoms with Crippen molar-refractivity contribution in [1.29, 1.82) is 0 Å². The number of hydrogen-bond donors (Lipinski definition) is 0. The second-order valence-corrected chi connectivity index (χ2v) is 3.42. The van der Waals surface area contributed by atoms with Crippen molar-refractivity contribution in [2.45, 2.75) is 6.82 Å². The molecule has 1 heteroatoms. The zero-order valence-corrected chi connectivity index (χ0v) is 8.40. The van der Waals surface area contributed by atoms with E-state index in [0.29, 0.717) is 0 Å². The maximum absolute atomic E-state index is 2.20. The van der Waals surface area contributed by atoms with Crippen molar-refractivity contribution in [1.82, 2.24) is 0 Å². The molecule has 0 spiro atoms. The van der Waals surface area contributed by atoms with Crippen LogP contribution in [0.25, 0.3) is 11.1 Å². The lowest BCUT2D eigenvalue weighted by molar-refractivity contribution is 1.63. The molecule has 14 heavy (non-hydrogen) atoms. The standard InChI is InChI=1S/C13H13B/c1-14-13-9-7-12(8-10-13)11-5-3-2-4-6-11/h2-10,14H,1H3. The van der Waals surface area contributed by atoms with Crippen LogP contribution in [0.1, 0.15) is 0 Å². The average molecular weight is 180 g/mol. The summed E-state index contributed by atoms with van der Waals surface area (Å²) < 4.78 is 0. The molecule has 68 valence electrons. The van der Waals surface area contributed by atoms with Crippen molar-refractivity contribution in [3.05, 3.63) is 54.6 Å². The van der Waals surface area contributed by atoms with E-state index in [1.807, 2.05) is 6.07 Å². The van der Waals surface area contributed by atoms with Crippen LogP contribution >= 0.6 is 0 Å². The number of benzene rings is 2. The molecule has 0 saturated heterocycles. The van der Waals surface area contributed by atoms with Crippen molar-refractivity contribution >= 4 is 12.7 Å². The molecule has 0 aliphatic carbocycles. The Hall–Kier alpha value is -1.50. The Labute approximate surface area is 85.8 Å². The number of rotatable bonds is 2. The van der Waals surface area contributed by atoms with Crippen molar-refractivity contribution < 1.29 is 0 Å². The summed E-state index contributed by atoms with van der Waals surface area (Å²) in [6, 6.07) is 19.2. The first-order valence-electron chi connectivity index (χ1n) is 5.04. The van der Waals surface area contributed by atoms with E-state index in [0.717, 1.165) is 7.28 Å². The van der Waals surface area contributed by atoms with Crippen molar-refractivity contribution in [2.75, 3.05) is 0 Å². The fraction of sp³-hybridized carbons (Fsp3) is 0.0769. The van der Waals surface area contributed by atoms with Crippen LogP contribution in [0.15, 0.2) is 54.6 Å². The van der Waals surface area contributed by atoms with Crippen LogP contribution in [-0.4, -0.2) is 7.28 Å². The minimum absolute atomic E-state index is 1.11. The van der Waals surface area contributed by atoms with Crippen LogP contribution in [0.5, 0.6) is 0 Å². The minimum atomic E-state index is 1.11. The van der Waals surface area contributed by atoms with Gasteiger partial charge < -0.3 is 0 Å². The van der Waals surface area contributed by atoms with Gasteiger partial charge in [0.25, 0.3) is 0 Å². The SMILES string of the molecule is CBc1ccc(-c2ccccc2)cc1. The van der Waals surface area contributed by atoms with E-state index in [1.54, 1.807) is 0 Å². The molecule has 0 aliphatic heterocycles. The van der Waals surface area contributed by atoms with Crippen LogP contribution in [0.4, 0.5) is 0 Å². The molecule has 0 atom stereocenters. The van der Waals surface area contributed by atoms with E-state index >= 15 is 0 Å². The third kappa shape index (κ3) is 1.87. The first-order chi connectivity index (χ1) is 6.90. The Kier molecular flexibility index (Phi) is 2.69. The van der Waals surface area contributed by atoms with E-state index in [2.05, 4.69) is 55.4 Å². The van der Waals surface area contributed by atoms with Gasteiger partial charge in [-0.1, -0.05) is 66.9 Å². The highest BCUT2D eigenvalue weighted by Gasteiger charge is 1.95. The van der Waals surface area contributed by atoms with Gasteiger partial charge in [0.05, 0.1) is 0 Å². The van der Waals surface area contributed by atoms with Crippen molar-refractivity contribution in [2.24, 2.45) is 0 Å². The van der Waals surface area contributed by atoms with Gasteiger partial charge >= 0.3 is 0 Å². The van der Waals surface area contributed by atoms with Crippen LogP contribution in [-0.2, 0) is 0 Å². The molecule has 0 heterocycles. The van der Waals surface area contributed by atoms with E-state index < -0.39 is 0 Å². The van der Waals surface area contributed by atoms with Gasteiger partial charge in [0.2, 0.25) is 0 Å². The minimum Gasteiger partial charge on any atom is -0.0849 e. The van der Waals surface area contributed by atoms with E-state index in [9.17, 15) is 0 Å². The summed E-state index contributed by atoms with van der Waals surface area (Å²) in [4.78, 5) is 0. The summed E-state index contributed by atoms with van der Waals surface area (Å²) in [5.41, 5.74) is 3.97. The van der Waals surface area contributed by atoms with Gasteiger partial charge in [-0.2, -0.15) is 0 Å². The molecule has 2 rings (SSSR count). The Balaban J connectivity index is 2.34. The smallest absolute Gasteiger partial charge is 0.0849 e. The van der Waals surface area contributed by atoms with E-state index in [4.69, 9.17) is 0 Å². The first-order valence-corrected chi connectivity index (χ1v) is 5.04. The van der Waals surface area contributed by atoms with Gasteiger partial charge in [0.1, 0.15) is 0 Å². The molecule has 0 bridgehead atoms. The Morgan fingerprint density at radius 1 is 0.714 bits per heavy atom. The normalized spacial score (nSPS) is 9.79. The highest BCUT2D eigenvalue weighted by Crippen LogP contribution is 2.16. The third-order valence-electron chi connectivity index (χ3n) is 2.47. The van der Waals surface area contributed by atoms with Gasteiger partial charge in [-0.3, -0.25) is 0 Å². The zero-order valence-electron chi connectivity index (χ0n) is 8.40. The van der Waals surface area contributed by atoms with Gasteiger partial charge in [-0.05, 0) is 11.1 Å². The second kappa shape index (κ2) is 4.14. The summed E-state index contributed by atoms with van der Waals surface area (Å²) >= 11 is 0. The fourth-order valence-electron chi connectivity index (χ4n) is 1.56. The number of hydrogen-bond acceptors (Lipinski definition) is 0. The molecule has 0 saturated carbocycles. The van der Waals surface area contributed by atoms with E-state index in [1.165, 1.54) is 16.6 Å². The molecular formula is C13H13B. The van der Waals surface area contributed by atoms with E-state index in [-0.39, 0.29) is 0 Å². The van der Waals surface area contributed by atoms with Crippen molar-refractivity contribution in [3.8, 4) is 11.1 Å². The Bertz CT molecular complexity index is 389.